The number of fused-ring (bicyclic) bond motifs is 4. The van der Waals surface area contributed by atoms with Crippen LogP contribution in [0.15, 0.2) is 78.9 Å². The molecule has 3 atom stereocenters. The second-order valence-electron chi connectivity index (χ2n) is 12.2. The van der Waals surface area contributed by atoms with Crippen molar-refractivity contribution in [1.82, 2.24) is 15.1 Å². The first-order chi connectivity index (χ1) is 20.4. The third-order valence-corrected chi connectivity index (χ3v) is 9.82. The number of hydrogen-bond acceptors (Lipinski definition) is 5. The highest BCUT2D eigenvalue weighted by atomic mass is 16.5. The fourth-order valence-corrected chi connectivity index (χ4v) is 7.52. The van der Waals surface area contributed by atoms with Gasteiger partial charge in [0.1, 0.15) is 12.1 Å². The number of carboxylic acid groups (broad SMARTS) is 1. The number of rotatable bonds is 7. The molecule has 2 aliphatic carbocycles. The summed E-state index contributed by atoms with van der Waals surface area (Å²) < 4.78 is 5.87. The quantitative estimate of drug-likeness (QED) is 0.442. The zero-order valence-electron chi connectivity index (χ0n) is 23.4. The standard InChI is InChI=1S/C34H35N3O5/c38-31(39)30-27-19-37(20-28(27)30)32(40)34(14-16-36(17-15-34)18-22-8-2-1-3-9-22)35-33(41)42-21-29-25-12-6-4-10-23(25)24-11-5-7-13-26(24)29/h1-13,27-30H,14-21H2,(H,35,41)(H,38,39)/t27-,28+,30?. The van der Waals surface area contributed by atoms with Crippen LogP contribution < -0.4 is 5.32 Å². The predicted molar refractivity (Wildman–Crippen MR) is 157 cm³/mol. The molecule has 2 heterocycles. The van der Waals surface area contributed by atoms with Gasteiger partial charge in [0.15, 0.2) is 0 Å². The fourth-order valence-electron chi connectivity index (χ4n) is 7.52. The molecule has 216 valence electrons. The molecule has 0 spiro atoms. The van der Waals surface area contributed by atoms with Crippen molar-refractivity contribution in [2.24, 2.45) is 17.8 Å². The topological polar surface area (TPSA) is 99.2 Å². The lowest BCUT2D eigenvalue weighted by atomic mass is 9.85. The Labute approximate surface area is 245 Å². The van der Waals surface area contributed by atoms with Gasteiger partial charge >= 0.3 is 12.1 Å². The van der Waals surface area contributed by atoms with Gasteiger partial charge in [-0.15, -0.1) is 0 Å². The Morgan fingerprint density at radius 1 is 0.833 bits per heavy atom. The molecule has 1 saturated carbocycles. The van der Waals surface area contributed by atoms with Crippen LogP contribution in [-0.4, -0.2) is 71.2 Å². The maximum absolute atomic E-state index is 14.0. The van der Waals surface area contributed by atoms with Crippen molar-refractivity contribution in [3.63, 3.8) is 0 Å². The number of benzene rings is 3. The summed E-state index contributed by atoms with van der Waals surface area (Å²) >= 11 is 0. The van der Waals surface area contributed by atoms with Gasteiger partial charge < -0.3 is 20.1 Å². The third-order valence-electron chi connectivity index (χ3n) is 9.82. The highest BCUT2D eigenvalue weighted by molar-refractivity contribution is 5.91. The monoisotopic (exact) mass is 565 g/mol. The highest BCUT2D eigenvalue weighted by Gasteiger charge is 2.62. The fraction of sp³-hybridized carbons (Fsp3) is 0.382. The summed E-state index contributed by atoms with van der Waals surface area (Å²) in [4.78, 5) is 43.0. The lowest BCUT2D eigenvalue weighted by molar-refractivity contribution is -0.143. The summed E-state index contributed by atoms with van der Waals surface area (Å²) in [6.45, 7) is 3.14. The van der Waals surface area contributed by atoms with Crippen LogP contribution in [0.4, 0.5) is 4.79 Å². The molecule has 4 aliphatic rings. The van der Waals surface area contributed by atoms with Crippen molar-refractivity contribution in [3.8, 4) is 11.1 Å². The number of alkyl carbamates (subject to hydrolysis) is 1. The smallest absolute Gasteiger partial charge is 0.408 e. The number of likely N-dealkylation sites (tertiary alicyclic amines) is 2. The van der Waals surface area contributed by atoms with E-state index in [2.05, 4.69) is 46.6 Å². The van der Waals surface area contributed by atoms with Gasteiger partial charge in [-0.2, -0.15) is 0 Å². The maximum atomic E-state index is 14.0. The Balaban J connectivity index is 1.05. The summed E-state index contributed by atoms with van der Waals surface area (Å²) in [6.07, 6.45) is 0.350. The zero-order chi connectivity index (χ0) is 28.8. The van der Waals surface area contributed by atoms with Crippen LogP contribution in [0.3, 0.4) is 0 Å². The summed E-state index contributed by atoms with van der Waals surface area (Å²) in [5, 5.41) is 12.5. The normalized spacial score (nSPS) is 23.9. The largest absolute Gasteiger partial charge is 0.481 e. The molecule has 2 N–H and O–H groups in total. The van der Waals surface area contributed by atoms with Crippen molar-refractivity contribution in [2.45, 2.75) is 30.8 Å². The van der Waals surface area contributed by atoms with E-state index >= 15 is 0 Å². The van der Waals surface area contributed by atoms with Gasteiger partial charge in [0.25, 0.3) is 0 Å². The molecule has 2 aliphatic heterocycles. The van der Waals surface area contributed by atoms with Gasteiger partial charge in [-0.1, -0.05) is 78.9 Å². The second kappa shape index (κ2) is 10.6. The van der Waals surface area contributed by atoms with Crippen molar-refractivity contribution in [1.29, 1.82) is 0 Å². The predicted octanol–water partition coefficient (Wildman–Crippen LogP) is 4.35. The van der Waals surface area contributed by atoms with Crippen LogP contribution in [0.2, 0.25) is 0 Å². The van der Waals surface area contributed by atoms with Crippen molar-refractivity contribution >= 4 is 18.0 Å². The summed E-state index contributed by atoms with van der Waals surface area (Å²) in [5.74, 6) is -1.30. The van der Waals surface area contributed by atoms with Crippen molar-refractivity contribution in [3.05, 3.63) is 95.6 Å². The van der Waals surface area contributed by atoms with Crippen LogP contribution in [-0.2, 0) is 20.9 Å². The van der Waals surface area contributed by atoms with E-state index in [0.29, 0.717) is 39.0 Å². The molecular formula is C34H35N3O5. The van der Waals surface area contributed by atoms with Gasteiger partial charge in [0.05, 0.1) is 5.92 Å². The zero-order valence-corrected chi connectivity index (χ0v) is 23.4. The average Bonchev–Trinajstić information content (AvgIpc) is 3.36. The molecule has 8 nitrogen and oxygen atoms in total. The van der Waals surface area contributed by atoms with Gasteiger partial charge in [-0.3, -0.25) is 14.5 Å². The molecule has 7 rings (SSSR count). The van der Waals surface area contributed by atoms with Crippen LogP contribution >= 0.6 is 0 Å². The van der Waals surface area contributed by atoms with Crippen LogP contribution in [0.1, 0.15) is 35.4 Å². The Morgan fingerprint density at radius 3 is 2.00 bits per heavy atom. The van der Waals surface area contributed by atoms with Crippen molar-refractivity contribution < 1.29 is 24.2 Å². The van der Waals surface area contributed by atoms with E-state index in [0.717, 1.165) is 28.8 Å². The molecule has 0 radical (unpaired) electrons. The lowest BCUT2D eigenvalue weighted by Gasteiger charge is -2.43. The minimum atomic E-state index is -1.08. The third kappa shape index (κ3) is 4.73. The van der Waals surface area contributed by atoms with Gasteiger partial charge in [0.2, 0.25) is 5.91 Å². The van der Waals surface area contributed by atoms with E-state index in [1.807, 2.05) is 42.5 Å². The Kier molecular flexibility index (Phi) is 6.73. The molecule has 2 saturated heterocycles. The molecular weight excluding hydrogens is 530 g/mol. The molecule has 3 aromatic carbocycles. The first-order valence-electron chi connectivity index (χ1n) is 14.9. The van der Waals surface area contributed by atoms with Crippen LogP contribution in [0.25, 0.3) is 11.1 Å². The van der Waals surface area contributed by atoms with Crippen LogP contribution in [0, 0.1) is 17.8 Å². The van der Waals surface area contributed by atoms with E-state index in [4.69, 9.17) is 4.74 Å². The number of carbonyl (C=O) groups is 3. The number of carboxylic acids is 1. The first-order valence-corrected chi connectivity index (χ1v) is 14.9. The van der Waals surface area contributed by atoms with Gasteiger partial charge in [-0.05, 0) is 52.5 Å². The Morgan fingerprint density at radius 2 is 1.40 bits per heavy atom. The molecule has 2 amide bonds. The highest BCUT2D eigenvalue weighted by Crippen LogP contribution is 2.52. The molecule has 8 heteroatoms. The Bertz CT molecular complexity index is 1460. The summed E-state index contributed by atoms with van der Waals surface area (Å²) in [5.41, 5.74) is 4.72. The number of nitrogens with zero attached hydrogens (tertiary/aromatic N) is 2. The maximum Gasteiger partial charge on any atom is 0.408 e. The molecule has 0 bridgehead atoms. The van der Waals surface area contributed by atoms with Crippen LogP contribution in [0.5, 0.6) is 0 Å². The van der Waals surface area contributed by atoms with E-state index in [9.17, 15) is 19.5 Å². The minimum Gasteiger partial charge on any atom is -0.481 e. The molecule has 3 aromatic rings. The van der Waals surface area contributed by atoms with E-state index in [-0.39, 0.29) is 36.2 Å². The number of carbonyl (C=O) groups excluding carboxylic acids is 2. The summed E-state index contributed by atoms with van der Waals surface area (Å²) in [7, 11) is 0. The number of nitrogens with one attached hydrogen (secondary N) is 1. The van der Waals surface area contributed by atoms with Gasteiger partial charge in [0, 0.05) is 38.6 Å². The van der Waals surface area contributed by atoms with E-state index in [1.165, 1.54) is 5.56 Å². The minimum absolute atomic E-state index is 0.0103. The average molecular weight is 566 g/mol. The summed E-state index contributed by atoms with van der Waals surface area (Å²) in [6, 6.07) is 26.6. The molecule has 1 unspecified atom stereocenters. The molecule has 0 aromatic heterocycles. The Hall–Kier alpha value is -4.17. The number of aliphatic carboxylic acids is 1. The number of amides is 2. The lowest BCUT2D eigenvalue weighted by Crippen LogP contribution is -2.64. The SMILES string of the molecule is O=C(NC1(C(=O)N2C[C@@H]3C(C(=O)O)[C@@H]3C2)CCN(Cc2ccccc2)CC1)OCC1c2ccccc2-c2ccccc21. The molecule has 3 fully saturated rings. The van der Waals surface area contributed by atoms with E-state index < -0.39 is 17.6 Å². The number of piperidine rings is 2. The number of ether oxygens (including phenoxy) is 1. The molecule has 42 heavy (non-hydrogen) atoms. The number of hydrogen-bond donors (Lipinski definition) is 2. The van der Waals surface area contributed by atoms with Crippen molar-refractivity contribution in [2.75, 3.05) is 32.8 Å². The second-order valence-corrected chi connectivity index (χ2v) is 12.2. The first kappa shape index (κ1) is 26.7. The van der Waals surface area contributed by atoms with E-state index in [1.54, 1.807) is 4.90 Å². The van der Waals surface area contributed by atoms with Gasteiger partial charge in [-0.25, -0.2) is 4.79 Å².